The summed E-state index contributed by atoms with van der Waals surface area (Å²) in [5.74, 6) is -0.638. The Labute approximate surface area is 176 Å². The van der Waals surface area contributed by atoms with Crippen LogP contribution in [0.2, 0.25) is 5.02 Å². The predicted octanol–water partition coefficient (Wildman–Crippen LogP) is 2.73. The van der Waals surface area contributed by atoms with Crippen molar-refractivity contribution in [1.82, 2.24) is 10.6 Å². The lowest BCUT2D eigenvalue weighted by atomic mass is 10.0. The Morgan fingerprint density at radius 3 is 2.73 bits per heavy atom. The second-order valence-electron chi connectivity index (χ2n) is 6.07. The first kappa shape index (κ1) is 21.3. The van der Waals surface area contributed by atoms with Gasteiger partial charge in [0.2, 0.25) is 0 Å². The van der Waals surface area contributed by atoms with E-state index in [1.807, 2.05) is 0 Å². The fourth-order valence-corrected chi connectivity index (χ4v) is 2.92. The number of hydrogen-bond acceptors (Lipinski definition) is 7. The summed E-state index contributed by atoms with van der Waals surface area (Å²) in [6, 6.07) is 8.31. The molecule has 2 aromatic rings. The summed E-state index contributed by atoms with van der Waals surface area (Å²) >= 11 is 5.86. The number of halogens is 1. The predicted molar refractivity (Wildman–Crippen MR) is 105 cm³/mol. The van der Waals surface area contributed by atoms with E-state index in [-0.39, 0.29) is 31.1 Å². The number of hydrogen-bond donors (Lipinski definition) is 2. The largest absolute Gasteiger partial charge is 0.482 e. The molecule has 9 nitrogen and oxygen atoms in total. The van der Waals surface area contributed by atoms with Crippen LogP contribution in [0.5, 0.6) is 5.75 Å². The molecule has 1 aromatic carbocycles. The Balaban J connectivity index is 1.72. The van der Waals surface area contributed by atoms with Crippen LogP contribution >= 0.6 is 11.6 Å². The molecule has 10 heteroatoms. The Morgan fingerprint density at radius 1 is 1.20 bits per heavy atom. The van der Waals surface area contributed by atoms with Crippen molar-refractivity contribution in [2.75, 3.05) is 19.8 Å². The fraction of sp³-hybridized carbons (Fsp3) is 0.250. The van der Waals surface area contributed by atoms with Crippen molar-refractivity contribution in [3.05, 3.63) is 64.7 Å². The van der Waals surface area contributed by atoms with Gasteiger partial charge in [0, 0.05) is 5.02 Å². The van der Waals surface area contributed by atoms with Crippen molar-refractivity contribution in [3.8, 4) is 5.75 Å². The molecule has 2 amide bonds. The lowest BCUT2D eigenvalue weighted by molar-refractivity contribution is -0.145. The van der Waals surface area contributed by atoms with Gasteiger partial charge in [-0.3, -0.25) is 0 Å². The molecule has 0 saturated carbocycles. The van der Waals surface area contributed by atoms with Crippen molar-refractivity contribution < 1.29 is 33.0 Å². The van der Waals surface area contributed by atoms with E-state index in [1.165, 1.54) is 6.26 Å². The molecule has 30 heavy (non-hydrogen) atoms. The van der Waals surface area contributed by atoms with Crippen LogP contribution in [-0.4, -0.2) is 37.8 Å². The minimum absolute atomic E-state index is 0.0787. The lowest BCUT2D eigenvalue weighted by Gasteiger charge is -2.27. The highest BCUT2D eigenvalue weighted by Crippen LogP contribution is 2.28. The SMILES string of the molecule is CCOC(=O)C1=C(COC(=O)COc2cccc(Cl)c2)NC(=O)NC1c1ccco1. The van der Waals surface area contributed by atoms with Gasteiger partial charge in [-0.1, -0.05) is 17.7 Å². The Hall–Kier alpha value is -3.46. The van der Waals surface area contributed by atoms with Crippen LogP contribution in [0, 0.1) is 0 Å². The van der Waals surface area contributed by atoms with E-state index in [4.69, 9.17) is 30.2 Å². The van der Waals surface area contributed by atoms with Crippen LogP contribution in [-0.2, 0) is 19.1 Å². The quantitative estimate of drug-likeness (QED) is 0.613. The molecule has 0 fully saturated rings. The van der Waals surface area contributed by atoms with Crippen LogP contribution < -0.4 is 15.4 Å². The first-order valence-electron chi connectivity index (χ1n) is 9.03. The number of rotatable bonds is 8. The molecule has 0 bridgehead atoms. The highest BCUT2D eigenvalue weighted by atomic mass is 35.5. The van der Waals surface area contributed by atoms with Gasteiger partial charge in [-0.25, -0.2) is 14.4 Å². The number of furan rings is 1. The molecule has 0 spiro atoms. The maximum Gasteiger partial charge on any atom is 0.344 e. The second kappa shape index (κ2) is 9.84. The maximum absolute atomic E-state index is 12.5. The highest BCUT2D eigenvalue weighted by molar-refractivity contribution is 6.30. The number of benzene rings is 1. The van der Waals surface area contributed by atoms with E-state index in [1.54, 1.807) is 43.3 Å². The molecule has 3 rings (SSSR count). The third-order valence-electron chi connectivity index (χ3n) is 4.01. The van der Waals surface area contributed by atoms with Gasteiger partial charge in [0.1, 0.15) is 24.2 Å². The molecular formula is C20H19ClN2O7. The van der Waals surface area contributed by atoms with Crippen molar-refractivity contribution in [2.45, 2.75) is 13.0 Å². The van der Waals surface area contributed by atoms with E-state index < -0.39 is 24.0 Å². The summed E-state index contributed by atoms with van der Waals surface area (Å²) in [5, 5.41) is 5.55. The van der Waals surface area contributed by atoms with Crippen molar-refractivity contribution in [1.29, 1.82) is 0 Å². The summed E-state index contributed by atoms with van der Waals surface area (Å²) in [5.41, 5.74) is 0.171. The minimum atomic E-state index is -0.885. The van der Waals surface area contributed by atoms with E-state index in [0.29, 0.717) is 16.5 Å². The number of carbonyl (C=O) groups excluding carboxylic acids is 3. The van der Waals surface area contributed by atoms with Crippen molar-refractivity contribution >= 4 is 29.6 Å². The second-order valence-corrected chi connectivity index (χ2v) is 6.50. The van der Waals surface area contributed by atoms with Crippen LogP contribution in [0.15, 0.2) is 58.3 Å². The van der Waals surface area contributed by atoms with Crippen LogP contribution in [0.3, 0.4) is 0 Å². The number of carbonyl (C=O) groups is 3. The molecule has 1 atom stereocenters. The Kier molecular flexibility index (Phi) is 6.97. The molecule has 1 unspecified atom stereocenters. The highest BCUT2D eigenvalue weighted by Gasteiger charge is 2.35. The smallest absolute Gasteiger partial charge is 0.344 e. The van der Waals surface area contributed by atoms with Crippen molar-refractivity contribution in [2.24, 2.45) is 0 Å². The number of esters is 2. The monoisotopic (exact) mass is 434 g/mol. The topological polar surface area (TPSA) is 116 Å². The molecule has 1 aliphatic rings. The minimum Gasteiger partial charge on any atom is -0.482 e. The lowest BCUT2D eigenvalue weighted by Crippen LogP contribution is -2.47. The first-order chi connectivity index (χ1) is 14.5. The molecule has 0 radical (unpaired) electrons. The zero-order valence-electron chi connectivity index (χ0n) is 16.0. The van der Waals surface area contributed by atoms with Crippen molar-refractivity contribution in [3.63, 3.8) is 0 Å². The number of urea groups is 1. The van der Waals surface area contributed by atoms with Crippen LogP contribution in [0.1, 0.15) is 18.7 Å². The number of amides is 2. The Morgan fingerprint density at radius 2 is 2.03 bits per heavy atom. The molecule has 158 valence electrons. The average Bonchev–Trinajstić information content (AvgIpc) is 3.25. The van der Waals surface area contributed by atoms with Gasteiger partial charge in [0.25, 0.3) is 0 Å². The zero-order chi connectivity index (χ0) is 21.5. The van der Waals surface area contributed by atoms with E-state index in [0.717, 1.165) is 0 Å². The Bertz CT molecular complexity index is 956. The zero-order valence-corrected chi connectivity index (χ0v) is 16.7. The molecule has 1 aliphatic heterocycles. The van der Waals surface area contributed by atoms with Crippen LogP contribution in [0.25, 0.3) is 0 Å². The molecule has 2 heterocycles. The summed E-state index contributed by atoms with van der Waals surface area (Å²) in [6.45, 7) is 1.04. The van der Waals surface area contributed by atoms with Gasteiger partial charge in [-0.15, -0.1) is 0 Å². The number of nitrogens with one attached hydrogen (secondary N) is 2. The van der Waals surface area contributed by atoms with Gasteiger partial charge < -0.3 is 29.3 Å². The molecular weight excluding hydrogens is 416 g/mol. The van der Waals surface area contributed by atoms with Crippen LogP contribution in [0.4, 0.5) is 4.79 Å². The normalized spacial score (nSPS) is 15.8. The molecule has 2 N–H and O–H groups in total. The van der Waals surface area contributed by atoms with E-state index in [2.05, 4.69) is 10.6 Å². The van der Waals surface area contributed by atoms with Gasteiger partial charge in [-0.2, -0.15) is 0 Å². The third-order valence-corrected chi connectivity index (χ3v) is 4.24. The molecule has 1 aromatic heterocycles. The summed E-state index contributed by atoms with van der Waals surface area (Å²) in [4.78, 5) is 36.7. The van der Waals surface area contributed by atoms with Gasteiger partial charge in [0.15, 0.2) is 6.61 Å². The first-order valence-corrected chi connectivity index (χ1v) is 9.40. The third kappa shape index (κ3) is 5.32. The molecule has 0 aliphatic carbocycles. The van der Waals surface area contributed by atoms with Gasteiger partial charge in [0.05, 0.1) is 24.1 Å². The fourth-order valence-electron chi connectivity index (χ4n) is 2.74. The molecule has 0 saturated heterocycles. The summed E-state index contributed by atoms with van der Waals surface area (Å²) in [7, 11) is 0. The number of ether oxygens (including phenoxy) is 3. The average molecular weight is 435 g/mol. The summed E-state index contributed by atoms with van der Waals surface area (Å²) in [6.07, 6.45) is 1.42. The van der Waals surface area contributed by atoms with Gasteiger partial charge >= 0.3 is 18.0 Å². The standard InChI is InChI=1S/C20H19ClN2O7/c1-2-27-19(25)17-14(22-20(26)23-18(17)15-7-4-8-28-15)10-30-16(24)11-29-13-6-3-5-12(21)9-13/h3-9,18H,2,10-11H2,1H3,(H2,22,23,26). The van der Waals surface area contributed by atoms with Gasteiger partial charge in [-0.05, 0) is 37.3 Å². The maximum atomic E-state index is 12.5. The summed E-state index contributed by atoms with van der Waals surface area (Å²) < 4.78 is 20.9. The van der Waals surface area contributed by atoms with E-state index >= 15 is 0 Å². The van der Waals surface area contributed by atoms with E-state index in [9.17, 15) is 14.4 Å².